The predicted molar refractivity (Wildman–Crippen MR) is 85.5 cm³/mol. The highest BCUT2D eigenvalue weighted by Gasteiger charge is 2.33. The van der Waals surface area contributed by atoms with Gasteiger partial charge in [-0.25, -0.2) is 9.97 Å². The van der Waals surface area contributed by atoms with Crippen LogP contribution in [0.25, 0.3) is 21.5 Å². The Morgan fingerprint density at radius 2 is 1.96 bits per heavy atom. The molecule has 0 N–H and O–H groups in total. The number of fused-ring (bicyclic) bond motifs is 1. The summed E-state index contributed by atoms with van der Waals surface area (Å²) in [5.74, 6) is 0.263. The van der Waals surface area contributed by atoms with Crippen LogP contribution in [0.15, 0.2) is 23.6 Å². The van der Waals surface area contributed by atoms with Crippen LogP contribution < -0.4 is 0 Å². The molecule has 0 aliphatic carbocycles. The smallest absolute Gasteiger partial charge is 0.245 e. The minimum Gasteiger partial charge on any atom is -0.245 e. The summed E-state index contributed by atoms with van der Waals surface area (Å²) in [6.45, 7) is 5.72. The molecule has 119 valence electrons. The van der Waals surface area contributed by atoms with Crippen molar-refractivity contribution in [2.75, 3.05) is 0 Å². The van der Waals surface area contributed by atoms with E-state index in [2.05, 4.69) is 16.2 Å². The number of thiazole rings is 1. The molecular weight excluding hydrogens is 321 g/mol. The van der Waals surface area contributed by atoms with Gasteiger partial charge in [-0.15, -0.1) is 11.3 Å². The fourth-order valence-corrected chi connectivity index (χ4v) is 3.49. The molecule has 0 saturated heterocycles. The highest BCUT2D eigenvalue weighted by Crippen LogP contribution is 2.38. The highest BCUT2D eigenvalue weighted by atomic mass is 32.1. The fourth-order valence-electron chi connectivity index (χ4n) is 2.46. The molecule has 0 aliphatic rings. The minimum atomic E-state index is -4.42. The first-order valence-electron chi connectivity index (χ1n) is 7.13. The third kappa shape index (κ3) is 2.83. The summed E-state index contributed by atoms with van der Waals surface area (Å²) in [5, 5.41) is 2.69. The van der Waals surface area contributed by atoms with Gasteiger partial charge in [0.2, 0.25) is 0 Å². The number of nitrogens with zero attached hydrogens (tertiary/aromatic N) is 2. The fraction of sp³-hybridized carbons (Fsp3) is 0.294. The van der Waals surface area contributed by atoms with E-state index in [0.29, 0.717) is 21.7 Å². The quantitative estimate of drug-likeness (QED) is 0.608. The molecule has 2 nitrogen and oxygen atoms in total. The van der Waals surface area contributed by atoms with Crippen LogP contribution in [0.1, 0.15) is 36.6 Å². The Kier molecular flexibility index (Phi) is 3.88. The summed E-state index contributed by atoms with van der Waals surface area (Å²) in [5.41, 5.74) is 1.58. The summed E-state index contributed by atoms with van der Waals surface area (Å²) in [6.07, 6.45) is -1.56. The second kappa shape index (κ2) is 5.60. The van der Waals surface area contributed by atoms with E-state index in [1.165, 1.54) is 17.4 Å². The van der Waals surface area contributed by atoms with Crippen LogP contribution in [0.3, 0.4) is 0 Å². The molecule has 0 bridgehead atoms. The molecular formula is C17H14F3N2S. The Morgan fingerprint density at radius 3 is 2.57 bits per heavy atom. The molecule has 0 spiro atoms. The first kappa shape index (κ1) is 15.9. The van der Waals surface area contributed by atoms with Gasteiger partial charge in [0, 0.05) is 16.3 Å². The largest absolute Gasteiger partial charge is 0.417 e. The molecule has 1 aromatic carbocycles. The number of rotatable bonds is 2. The lowest BCUT2D eigenvalue weighted by atomic mass is 10.00. The van der Waals surface area contributed by atoms with Crippen molar-refractivity contribution in [2.24, 2.45) is 0 Å². The lowest BCUT2D eigenvalue weighted by molar-refractivity contribution is -0.136. The van der Waals surface area contributed by atoms with E-state index in [1.54, 1.807) is 13.0 Å². The topological polar surface area (TPSA) is 25.8 Å². The second-order valence-electron chi connectivity index (χ2n) is 5.65. The Bertz CT molecular complexity index is 866. The van der Waals surface area contributed by atoms with Crippen molar-refractivity contribution in [3.8, 4) is 10.6 Å². The zero-order valence-corrected chi connectivity index (χ0v) is 13.6. The molecule has 0 aliphatic heterocycles. The molecule has 0 unspecified atom stereocenters. The summed E-state index contributed by atoms with van der Waals surface area (Å²) < 4.78 is 39.9. The van der Waals surface area contributed by atoms with Gasteiger partial charge in [0.15, 0.2) is 0 Å². The standard InChI is InChI=1S/C17H14F3N2S/c1-9(2)14-8-23-16(22-14)11-7-21-13-6-4-5-12(17(18,19)20)15(13)10(11)3/h4-6,8-9H,1-3H3. The lowest BCUT2D eigenvalue weighted by Gasteiger charge is -2.13. The van der Waals surface area contributed by atoms with Crippen molar-refractivity contribution in [3.05, 3.63) is 46.6 Å². The summed E-state index contributed by atoms with van der Waals surface area (Å²) in [4.78, 5) is 8.59. The molecule has 0 atom stereocenters. The minimum absolute atomic E-state index is 0.120. The Hall–Kier alpha value is -1.95. The van der Waals surface area contributed by atoms with E-state index in [9.17, 15) is 13.2 Å². The zero-order valence-electron chi connectivity index (χ0n) is 12.8. The number of aryl methyl sites for hydroxylation is 1. The summed E-state index contributed by atoms with van der Waals surface area (Å²) >= 11 is 1.40. The van der Waals surface area contributed by atoms with Gasteiger partial charge in [0.05, 0.1) is 16.8 Å². The Balaban J connectivity index is 2.25. The molecule has 3 rings (SSSR count). The molecule has 0 amide bonds. The first-order valence-corrected chi connectivity index (χ1v) is 8.01. The van der Waals surface area contributed by atoms with Gasteiger partial charge in [-0.05, 0) is 30.5 Å². The van der Waals surface area contributed by atoms with Crippen LogP contribution in [0, 0.1) is 13.1 Å². The van der Waals surface area contributed by atoms with Crippen molar-refractivity contribution in [2.45, 2.75) is 32.9 Å². The van der Waals surface area contributed by atoms with Crippen LogP contribution in [0.2, 0.25) is 0 Å². The number of halogens is 3. The van der Waals surface area contributed by atoms with Crippen molar-refractivity contribution < 1.29 is 13.2 Å². The van der Waals surface area contributed by atoms with Gasteiger partial charge < -0.3 is 0 Å². The number of pyridine rings is 1. The van der Waals surface area contributed by atoms with Crippen LogP contribution in [-0.4, -0.2) is 9.97 Å². The van der Waals surface area contributed by atoms with Crippen LogP contribution in [-0.2, 0) is 6.18 Å². The SMILES string of the molecule is Cc1c(-c2nc(C(C)C)cs2)[c]nc2cccc(C(F)(F)F)c12. The van der Waals surface area contributed by atoms with E-state index < -0.39 is 11.7 Å². The van der Waals surface area contributed by atoms with Gasteiger partial charge in [-0.1, -0.05) is 19.9 Å². The third-order valence-electron chi connectivity index (χ3n) is 3.71. The van der Waals surface area contributed by atoms with Crippen molar-refractivity contribution >= 4 is 22.2 Å². The maximum atomic E-state index is 13.3. The molecule has 2 aromatic heterocycles. The number of alkyl halides is 3. The van der Waals surface area contributed by atoms with Gasteiger partial charge in [-0.3, -0.25) is 0 Å². The summed E-state index contributed by atoms with van der Waals surface area (Å²) in [6, 6.07) is 4.02. The molecule has 0 fully saturated rings. The highest BCUT2D eigenvalue weighted by molar-refractivity contribution is 7.13. The monoisotopic (exact) mass is 335 g/mol. The van der Waals surface area contributed by atoms with Crippen molar-refractivity contribution in [1.29, 1.82) is 0 Å². The van der Waals surface area contributed by atoms with Gasteiger partial charge in [-0.2, -0.15) is 13.2 Å². The van der Waals surface area contributed by atoms with E-state index >= 15 is 0 Å². The van der Waals surface area contributed by atoms with Crippen molar-refractivity contribution in [3.63, 3.8) is 0 Å². The maximum absolute atomic E-state index is 13.3. The molecule has 3 aromatic rings. The van der Waals surface area contributed by atoms with E-state index in [0.717, 1.165) is 11.8 Å². The lowest BCUT2D eigenvalue weighted by Crippen LogP contribution is -2.07. The average Bonchev–Trinajstić information content (AvgIpc) is 2.96. The van der Waals surface area contributed by atoms with E-state index in [4.69, 9.17) is 0 Å². The average molecular weight is 335 g/mol. The van der Waals surface area contributed by atoms with E-state index in [1.807, 2.05) is 19.2 Å². The third-order valence-corrected chi connectivity index (χ3v) is 4.59. The van der Waals surface area contributed by atoms with Crippen LogP contribution in [0.4, 0.5) is 13.2 Å². The van der Waals surface area contributed by atoms with Crippen LogP contribution >= 0.6 is 11.3 Å². The predicted octanol–water partition coefficient (Wildman–Crippen LogP) is 5.61. The zero-order chi connectivity index (χ0) is 16.8. The molecule has 1 radical (unpaired) electrons. The number of hydrogen-bond acceptors (Lipinski definition) is 3. The molecule has 23 heavy (non-hydrogen) atoms. The van der Waals surface area contributed by atoms with Gasteiger partial charge in [0.1, 0.15) is 11.2 Å². The van der Waals surface area contributed by atoms with Crippen molar-refractivity contribution in [1.82, 2.24) is 9.97 Å². The molecule has 2 heterocycles. The summed E-state index contributed by atoms with van der Waals surface area (Å²) in [7, 11) is 0. The second-order valence-corrected chi connectivity index (χ2v) is 6.51. The normalized spacial score (nSPS) is 12.3. The molecule has 0 saturated carbocycles. The van der Waals surface area contributed by atoms with Crippen LogP contribution in [0.5, 0.6) is 0 Å². The Labute approximate surface area is 136 Å². The number of aromatic nitrogens is 2. The number of benzene rings is 1. The molecule has 6 heteroatoms. The van der Waals surface area contributed by atoms with Gasteiger partial charge in [0.25, 0.3) is 0 Å². The number of hydrogen-bond donors (Lipinski definition) is 0. The van der Waals surface area contributed by atoms with Gasteiger partial charge >= 0.3 is 6.18 Å². The maximum Gasteiger partial charge on any atom is 0.417 e. The van der Waals surface area contributed by atoms with E-state index in [-0.39, 0.29) is 11.3 Å². The first-order chi connectivity index (χ1) is 10.8. The Morgan fingerprint density at radius 1 is 1.22 bits per heavy atom.